The summed E-state index contributed by atoms with van der Waals surface area (Å²) < 4.78 is 0.608. The largest absolute Gasteiger partial charge is 0.504 e. The molecule has 1 saturated heterocycles. The summed E-state index contributed by atoms with van der Waals surface area (Å²) in [5.41, 5.74) is 5.15. The van der Waals surface area contributed by atoms with Crippen molar-refractivity contribution < 1.29 is 14.7 Å². The van der Waals surface area contributed by atoms with E-state index in [1.54, 1.807) is 0 Å². The summed E-state index contributed by atoms with van der Waals surface area (Å²) in [5, 5.41) is 9.69. The summed E-state index contributed by atoms with van der Waals surface area (Å²) >= 11 is 3.16. The van der Waals surface area contributed by atoms with E-state index in [1.807, 2.05) is 0 Å². The van der Waals surface area contributed by atoms with Crippen molar-refractivity contribution >= 4 is 33.6 Å². The maximum atomic E-state index is 11.7. The van der Waals surface area contributed by atoms with E-state index < -0.39 is 11.8 Å². The van der Waals surface area contributed by atoms with E-state index in [9.17, 15) is 14.7 Å². The minimum atomic E-state index is -0.521. The third kappa shape index (κ3) is 2.23. The van der Waals surface area contributed by atoms with Crippen molar-refractivity contribution in [2.75, 3.05) is 11.4 Å². The quantitative estimate of drug-likeness (QED) is 0.825. The highest BCUT2D eigenvalue weighted by Crippen LogP contribution is 2.31. The van der Waals surface area contributed by atoms with E-state index in [4.69, 9.17) is 5.73 Å². The molecule has 2 heterocycles. The highest BCUT2D eigenvalue weighted by molar-refractivity contribution is 9.10. The Labute approximate surface area is 106 Å². The highest BCUT2D eigenvalue weighted by atomic mass is 79.9. The van der Waals surface area contributed by atoms with Crippen LogP contribution < -0.4 is 10.6 Å². The normalized spacial score (nSPS) is 19.7. The summed E-state index contributed by atoms with van der Waals surface area (Å²) in [4.78, 5) is 27.9. The van der Waals surface area contributed by atoms with Crippen LogP contribution >= 0.6 is 15.9 Å². The van der Waals surface area contributed by atoms with Gasteiger partial charge in [0.25, 0.3) is 0 Å². The van der Waals surface area contributed by atoms with Crippen molar-refractivity contribution in [1.82, 2.24) is 4.98 Å². The number of carbonyl (C=O) groups excluding carboxylic acids is 2. The molecule has 0 aromatic carbocycles. The molecular formula is C10H10BrN3O3. The Morgan fingerprint density at radius 3 is 2.88 bits per heavy atom. The van der Waals surface area contributed by atoms with Gasteiger partial charge >= 0.3 is 0 Å². The molecule has 17 heavy (non-hydrogen) atoms. The smallest absolute Gasteiger partial charge is 0.229 e. The van der Waals surface area contributed by atoms with E-state index in [2.05, 4.69) is 20.9 Å². The predicted molar refractivity (Wildman–Crippen MR) is 63.3 cm³/mol. The van der Waals surface area contributed by atoms with E-state index in [-0.39, 0.29) is 30.4 Å². The Kier molecular flexibility index (Phi) is 3.01. The Bertz CT molecular complexity index is 492. The van der Waals surface area contributed by atoms with Crippen LogP contribution in [0, 0.1) is 5.92 Å². The SMILES string of the molecule is NC(=O)C1CC(=O)N(c2ncc(Br)cc2O)C1. The van der Waals surface area contributed by atoms with Crippen LogP contribution in [0.15, 0.2) is 16.7 Å². The van der Waals surface area contributed by atoms with Crippen molar-refractivity contribution in [3.8, 4) is 5.75 Å². The minimum absolute atomic E-state index is 0.0620. The monoisotopic (exact) mass is 299 g/mol. The number of aromatic nitrogens is 1. The number of nitrogens with two attached hydrogens (primary N) is 1. The zero-order chi connectivity index (χ0) is 12.6. The third-order valence-corrected chi connectivity index (χ3v) is 3.03. The Hall–Kier alpha value is -1.63. The van der Waals surface area contributed by atoms with E-state index in [1.165, 1.54) is 17.2 Å². The molecule has 1 aromatic heterocycles. The fourth-order valence-corrected chi connectivity index (χ4v) is 2.05. The van der Waals surface area contributed by atoms with Gasteiger partial charge in [-0.2, -0.15) is 0 Å². The zero-order valence-electron chi connectivity index (χ0n) is 8.76. The Balaban J connectivity index is 2.29. The second-order valence-electron chi connectivity index (χ2n) is 3.80. The molecule has 1 aliphatic rings. The van der Waals surface area contributed by atoms with Gasteiger partial charge in [-0.3, -0.25) is 14.5 Å². The van der Waals surface area contributed by atoms with Crippen molar-refractivity contribution in [3.05, 3.63) is 16.7 Å². The lowest BCUT2D eigenvalue weighted by Crippen LogP contribution is -2.29. The van der Waals surface area contributed by atoms with Crippen LogP contribution in [0.1, 0.15) is 6.42 Å². The molecule has 0 bridgehead atoms. The molecule has 7 heteroatoms. The van der Waals surface area contributed by atoms with Gasteiger partial charge in [0, 0.05) is 23.6 Å². The molecule has 6 nitrogen and oxygen atoms in total. The standard InChI is InChI=1S/C10H10BrN3O3/c11-6-2-7(15)10(13-3-6)14-4-5(9(12)17)1-8(14)16/h2-3,5,15H,1,4H2,(H2,12,17). The number of primary amides is 1. The van der Waals surface area contributed by atoms with Crippen molar-refractivity contribution in [2.45, 2.75) is 6.42 Å². The fourth-order valence-electron chi connectivity index (χ4n) is 1.73. The molecule has 0 saturated carbocycles. The van der Waals surface area contributed by atoms with Crippen LogP contribution in [0.2, 0.25) is 0 Å². The van der Waals surface area contributed by atoms with Gasteiger partial charge in [0.05, 0.1) is 5.92 Å². The van der Waals surface area contributed by atoms with Crippen molar-refractivity contribution in [1.29, 1.82) is 0 Å². The molecule has 1 aromatic rings. The Morgan fingerprint density at radius 1 is 1.65 bits per heavy atom. The summed E-state index contributed by atoms with van der Waals surface area (Å²) in [6, 6.07) is 1.44. The molecule has 2 rings (SSSR count). The first-order valence-electron chi connectivity index (χ1n) is 4.93. The minimum Gasteiger partial charge on any atom is -0.504 e. The molecular weight excluding hydrogens is 290 g/mol. The molecule has 0 spiro atoms. The fraction of sp³-hybridized carbons (Fsp3) is 0.300. The van der Waals surface area contributed by atoms with E-state index >= 15 is 0 Å². The second-order valence-corrected chi connectivity index (χ2v) is 4.72. The van der Waals surface area contributed by atoms with Gasteiger partial charge in [0.1, 0.15) is 0 Å². The van der Waals surface area contributed by atoms with Crippen molar-refractivity contribution in [3.63, 3.8) is 0 Å². The lowest BCUT2D eigenvalue weighted by atomic mass is 10.1. The number of nitrogens with zero attached hydrogens (tertiary/aromatic N) is 2. The predicted octanol–water partition coefficient (Wildman–Crippen LogP) is 0.388. The van der Waals surface area contributed by atoms with E-state index in [0.717, 1.165) is 0 Å². The van der Waals surface area contributed by atoms with E-state index in [0.29, 0.717) is 4.47 Å². The molecule has 1 unspecified atom stereocenters. The van der Waals surface area contributed by atoms with Crippen molar-refractivity contribution in [2.24, 2.45) is 11.7 Å². The van der Waals surface area contributed by atoms with Crippen LogP contribution in [-0.2, 0) is 9.59 Å². The summed E-state index contributed by atoms with van der Waals surface area (Å²) in [6.07, 6.45) is 1.53. The zero-order valence-corrected chi connectivity index (χ0v) is 10.3. The number of hydrogen-bond acceptors (Lipinski definition) is 4. The molecule has 1 atom stereocenters. The number of rotatable bonds is 2. The van der Waals surface area contributed by atoms with Gasteiger partial charge in [-0.1, -0.05) is 0 Å². The number of amides is 2. The maximum Gasteiger partial charge on any atom is 0.229 e. The number of aromatic hydroxyl groups is 1. The summed E-state index contributed by atoms with van der Waals surface area (Å²) in [6.45, 7) is 0.163. The maximum absolute atomic E-state index is 11.7. The van der Waals surface area contributed by atoms with Crippen LogP contribution in [0.5, 0.6) is 5.75 Å². The van der Waals surface area contributed by atoms with Gasteiger partial charge in [-0.25, -0.2) is 4.98 Å². The van der Waals surface area contributed by atoms with Gasteiger partial charge in [-0.05, 0) is 22.0 Å². The highest BCUT2D eigenvalue weighted by Gasteiger charge is 2.35. The first kappa shape index (κ1) is 11.8. The molecule has 1 aliphatic heterocycles. The summed E-state index contributed by atoms with van der Waals surface area (Å²) in [5.74, 6) is -1.26. The lowest BCUT2D eigenvalue weighted by Gasteiger charge is -2.16. The Morgan fingerprint density at radius 2 is 2.35 bits per heavy atom. The second kappa shape index (κ2) is 4.33. The number of pyridine rings is 1. The van der Waals surface area contributed by atoms with Crippen LogP contribution in [0.4, 0.5) is 5.82 Å². The van der Waals surface area contributed by atoms with Crippen LogP contribution in [0.3, 0.4) is 0 Å². The van der Waals surface area contributed by atoms with Gasteiger partial charge in [0.15, 0.2) is 11.6 Å². The number of carbonyl (C=O) groups is 2. The molecule has 90 valence electrons. The number of halogens is 1. The molecule has 0 radical (unpaired) electrons. The van der Waals surface area contributed by atoms with Gasteiger partial charge in [0.2, 0.25) is 11.8 Å². The third-order valence-electron chi connectivity index (χ3n) is 2.60. The first-order chi connectivity index (χ1) is 7.99. The molecule has 1 fully saturated rings. The first-order valence-corrected chi connectivity index (χ1v) is 5.72. The van der Waals surface area contributed by atoms with Gasteiger partial charge < -0.3 is 10.8 Å². The average molecular weight is 300 g/mol. The van der Waals surface area contributed by atoms with Gasteiger partial charge in [-0.15, -0.1) is 0 Å². The lowest BCUT2D eigenvalue weighted by molar-refractivity contribution is -0.123. The summed E-state index contributed by atoms with van der Waals surface area (Å²) in [7, 11) is 0. The molecule has 2 amide bonds. The number of anilines is 1. The topological polar surface area (TPSA) is 96.5 Å². The molecule has 0 aliphatic carbocycles. The molecule has 3 N–H and O–H groups in total. The van der Waals surface area contributed by atoms with Crippen LogP contribution in [-0.4, -0.2) is 28.4 Å². The number of hydrogen-bond donors (Lipinski definition) is 2. The average Bonchev–Trinajstić information content (AvgIpc) is 2.61. The van der Waals surface area contributed by atoms with Crippen LogP contribution in [0.25, 0.3) is 0 Å².